The van der Waals surface area contributed by atoms with E-state index in [2.05, 4.69) is 15.5 Å². The zero-order chi connectivity index (χ0) is 19.3. The molecule has 2 aromatic rings. The van der Waals surface area contributed by atoms with Crippen LogP contribution in [-0.2, 0) is 19.5 Å². The molecule has 8 heteroatoms. The summed E-state index contributed by atoms with van der Waals surface area (Å²) in [5, 5.41) is 6.77. The fourth-order valence-electron chi connectivity index (χ4n) is 2.82. The van der Waals surface area contributed by atoms with E-state index < -0.39 is 15.7 Å². The number of hydrogen-bond acceptors (Lipinski definition) is 6. The van der Waals surface area contributed by atoms with E-state index in [9.17, 15) is 13.2 Å². The van der Waals surface area contributed by atoms with Gasteiger partial charge in [0.2, 0.25) is 0 Å². The minimum absolute atomic E-state index is 0.00190. The van der Waals surface area contributed by atoms with E-state index in [1.165, 1.54) is 12.1 Å². The molecule has 3 rings (SSSR count). The normalized spacial score (nSPS) is 15.5. The van der Waals surface area contributed by atoms with E-state index in [-0.39, 0.29) is 16.7 Å². The summed E-state index contributed by atoms with van der Waals surface area (Å²) >= 11 is 0. The predicted octanol–water partition coefficient (Wildman–Crippen LogP) is 2.79. The molecule has 1 saturated carbocycles. The van der Waals surface area contributed by atoms with Crippen LogP contribution >= 0.6 is 0 Å². The Balaban J connectivity index is 1.86. The molecular weight excluding hydrogens is 366 g/mol. The van der Waals surface area contributed by atoms with Crippen molar-refractivity contribution in [3.8, 4) is 0 Å². The van der Waals surface area contributed by atoms with E-state index in [4.69, 9.17) is 4.84 Å². The summed E-state index contributed by atoms with van der Waals surface area (Å²) in [5.41, 5.74) is 0.543. The van der Waals surface area contributed by atoms with Crippen molar-refractivity contribution in [1.29, 1.82) is 0 Å². The second kappa shape index (κ2) is 8.30. The lowest BCUT2D eigenvalue weighted by Gasteiger charge is -2.11. The number of anilines is 1. The smallest absolute Gasteiger partial charge is 0.279 e. The Morgan fingerprint density at radius 3 is 2.44 bits per heavy atom. The summed E-state index contributed by atoms with van der Waals surface area (Å²) in [7, 11) is -3.32. The van der Waals surface area contributed by atoms with Gasteiger partial charge in [-0.05, 0) is 49.9 Å². The van der Waals surface area contributed by atoms with Gasteiger partial charge in [-0.15, -0.1) is 0 Å². The predicted molar refractivity (Wildman–Crippen MR) is 102 cm³/mol. The fraction of sp³-hybridized carbons (Fsp3) is 0.316. The summed E-state index contributed by atoms with van der Waals surface area (Å²) in [5.74, 6) is -0.0809. The van der Waals surface area contributed by atoms with Gasteiger partial charge in [0, 0.05) is 18.0 Å². The van der Waals surface area contributed by atoms with E-state index in [0.717, 1.165) is 31.9 Å². The van der Waals surface area contributed by atoms with Crippen molar-refractivity contribution in [2.24, 2.45) is 5.16 Å². The average Bonchev–Trinajstić information content (AvgIpc) is 3.16. The van der Waals surface area contributed by atoms with E-state index >= 15 is 0 Å². The Kier molecular flexibility index (Phi) is 5.85. The molecule has 0 spiro atoms. The number of hydrogen-bond donors (Lipinski definition) is 1. The zero-order valence-corrected chi connectivity index (χ0v) is 15.8. The van der Waals surface area contributed by atoms with Crippen LogP contribution in [0.15, 0.2) is 58.7 Å². The number of oxime groups is 1. The molecule has 1 aromatic carbocycles. The third-order valence-electron chi connectivity index (χ3n) is 4.27. The van der Waals surface area contributed by atoms with Crippen molar-refractivity contribution < 1.29 is 18.0 Å². The highest BCUT2D eigenvalue weighted by molar-refractivity contribution is 7.90. The number of benzene rings is 1. The Hall–Kier alpha value is -2.74. The fourth-order valence-corrected chi connectivity index (χ4v) is 3.45. The van der Waals surface area contributed by atoms with Crippen LogP contribution in [0.2, 0.25) is 0 Å². The molecule has 0 atom stereocenters. The van der Waals surface area contributed by atoms with Crippen LogP contribution < -0.4 is 5.32 Å². The van der Waals surface area contributed by atoms with Gasteiger partial charge in [-0.1, -0.05) is 23.4 Å². The van der Waals surface area contributed by atoms with Gasteiger partial charge in [0.05, 0.1) is 4.90 Å². The SMILES string of the molecule is CS(=O)(=O)c1ccc(/C(=N\OC2CCCC2)C(=O)Nc2ccccn2)cc1. The lowest BCUT2D eigenvalue weighted by Crippen LogP contribution is -2.25. The molecule has 1 N–H and O–H groups in total. The van der Waals surface area contributed by atoms with E-state index in [0.29, 0.717) is 11.4 Å². The second-order valence-corrected chi connectivity index (χ2v) is 8.43. The van der Waals surface area contributed by atoms with Crippen LogP contribution in [0.4, 0.5) is 5.82 Å². The summed E-state index contributed by atoms with van der Waals surface area (Å²) in [6.45, 7) is 0. The summed E-state index contributed by atoms with van der Waals surface area (Å²) < 4.78 is 23.3. The molecule has 0 unspecified atom stereocenters. The van der Waals surface area contributed by atoms with Gasteiger partial charge in [-0.25, -0.2) is 13.4 Å². The van der Waals surface area contributed by atoms with Crippen LogP contribution in [0.1, 0.15) is 31.2 Å². The number of carbonyl (C=O) groups is 1. The number of pyridine rings is 1. The third-order valence-corrected chi connectivity index (χ3v) is 5.40. The van der Waals surface area contributed by atoms with Gasteiger partial charge in [0.1, 0.15) is 11.9 Å². The maximum atomic E-state index is 12.7. The molecule has 27 heavy (non-hydrogen) atoms. The minimum Gasteiger partial charge on any atom is -0.392 e. The number of carbonyl (C=O) groups excluding carboxylic acids is 1. The number of sulfone groups is 1. The number of amides is 1. The first-order chi connectivity index (χ1) is 12.9. The van der Waals surface area contributed by atoms with Crippen LogP contribution in [0.3, 0.4) is 0 Å². The molecular formula is C19H21N3O4S. The van der Waals surface area contributed by atoms with Crippen molar-refractivity contribution in [2.75, 3.05) is 11.6 Å². The maximum absolute atomic E-state index is 12.7. The van der Waals surface area contributed by atoms with E-state index in [1.807, 2.05) is 0 Å². The van der Waals surface area contributed by atoms with E-state index in [1.54, 1.807) is 36.5 Å². The molecule has 1 aromatic heterocycles. The highest BCUT2D eigenvalue weighted by atomic mass is 32.2. The molecule has 0 radical (unpaired) electrons. The monoisotopic (exact) mass is 387 g/mol. The largest absolute Gasteiger partial charge is 0.392 e. The first-order valence-electron chi connectivity index (χ1n) is 8.70. The number of aromatic nitrogens is 1. The molecule has 1 amide bonds. The van der Waals surface area contributed by atoms with Crippen LogP contribution in [0.5, 0.6) is 0 Å². The topological polar surface area (TPSA) is 97.7 Å². The molecule has 142 valence electrons. The third kappa shape index (κ3) is 5.13. The number of nitrogens with one attached hydrogen (secondary N) is 1. The summed E-state index contributed by atoms with van der Waals surface area (Å²) in [6.07, 6.45) is 6.68. The number of nitrogens with zero attached hydrogens (tertiary/aromatic N) is 2. The second-order valence-electron chi connectivity index (χ2n) is 6.42. The van der Waals surface area contributed by atoms with Crippen molar-refractivity contribution in [3.63, 3.8) is 0 Å². The average molecular weight is 387 g/mol. The van der Waals surface area contributed by atoms with Gasteiger partial charge in [0.15, 0.2) is 15.5 Å². The highest BCUT2D eigenvalue weighted by Gasteiger charge is 2.20. The van der Waals surface area contributed by atoms with Gasteiger partial charge in [-0.2, -0.15) is 0 Å². The van der Waals surface area contributed by atoms with Crippen molar-refractivity contribution in [2.45, 2.75) is 36.7 Å². The van der Waals surface area contributed by atoms with Crippen molar-refractivity contribution in [1.82, 2.24) is 4.98 Å². The lowest BCUT2D eigenvalue weighted by molar-refractivity contribution is -0.110. The van der Waals surface area contributed by atoms with Crippen LogP contribution in [-0.4, -0.2) is 37.4 Å². The quantitative estimate of drug-likeness (QED) is 0.607. The van der Waals surface area contributed by atoms with Gasteiger partial charge < -0.3 is 10.2 Å². The van der Waals surface area contributed by atoms with Crippen LogP contribution in [0, 0.1) is 0 Å². The summed E-state index contributed by atoms with van der Waals surface area (Å²) in [4.78, 5) is 22.5. The zero-order valence-electron chi connectivity index (χ0n) is 15.0. The molecule has 1 aliphatic rings. The van der Waals surface area contributed by atoms with Gasteiger partial charge in [0.25, 0.3) is 5.91 Å². The van der Waals surface area contributed by atoms with Crippen molar-refractivity contribution in [3.05, 3.63) is 54.2 Å². The van der Waals surface area contributed by atoms with Gasteiger partial charge >= 0.3 is 0 Å². The van der Waals surface area contributed by atoms with Crippen molar-refractivity contribution >= 4 is 27.3 Å². The first-order valence-corrected chi connectivity index (χ1v) is 10.6. The Bertz CT molecular complexity index is 919. The lowest BCUT2D eigenvalue weighted by atomic mass is 10.1. The Morgan fingerprint density at radius 2 is 1.85 bits per heavy atom. The van der Waals surface area contributed by atoms with Gasteiger partial charge in [-0.3, -0.25) is 4.79 Å². The standard InChI is InChI=1S/C19H21N3O4S/c1-27(24,25)16-11-9-14(10-12-16)18(22-26-15-6-2-3-7-15)19(23)21-17-8-4-5-13-20-17/h4-5,8-13,15H,2-3,6-7H2,1H3,(H,20,21,23)/b22-18+. The Morgan fingerprint density at radius 1 is 1.15 bits per heavy atom. The molecule has 0 bridgehead atoms. The molecule has 1 heterocycles. The molecule has 1 aliphatic carbocycles. The number of rotatable bonds is 6. The Labute approximate surface area is 158 Å². The highest BCUT2D eigenvalue weighted by Crippen LogP contribution is 2.21. The minimum atomic E-state index is -3.32. The molecule has 0 saturated heterocycles. The maximum Gasteiger partial charge on any atom is 0.279 e. The molecule has 0 aliphatic heterocycles. The summed E-state index contributed by atoms with van der Waals surface area (Å²) in [6, 6.07) is 11.2. The van der Waals surface area contributed by atoms with Crippen LogP contribution in [0.25, 0.3) is 0 Å². The molecule has 1 fully saturated rings. The molecule has 7 nitrogen and oxygen atoms in total. The first kappa shape index (κ1) is 19.0.